The van der Waals surface area contributed by atoms with Crippen LogP contribution in [0.4, 0.5) is 11.4 Å². The van der Waals surface area contributed by atoms with Crippen LogP contribution in [0.5, 0.6) is 0 Å². The molecule has 2 rings (SSSR count). The van der Waals surface area contributed by atoms with E-state index in [0.717, 1.165) is 24.5 Å². The maximum atomic E-state index is 12.4. The highest BCUT2D eigenvalue weighted by Crippen LogP contribution is 2.24. The van der Waals surface area contributed by atoms with E-state index in [-0.39, 0.29) is 26.7 Å². The van der Waals surface area contributed by atoms with Crippen LogP contribution < -0.4 is 10.6 Å². The van der Waals surface area contributed by atoms with Crippen LogP contribution in [0.1, 0.15) is 20.7 Å². The molecule has 0 saturated heterocycles. The van der Waals surface area contributed by atoms with Gasteiger partial charge in [0.15, 0.2) is 9.84 Å². The lowest BCUT2D eigenvalue weighted by Crippen LogP contribution is -2.19. The van der Waals surface area contributed by atoms with Crippen molar-refractivity contribution in [2.75, 3.05) is 18.6 Å². The molecule has 9 nitrogen and oxygen atoms in total. The van der Waals surface area contributed by atoms with Gasteiger partial charge in [-0.05, 0) is 24.3 Å². The van der Waals surface area contributed by atoms with E-state index in [0.29, 0.717) is 0 Å². The highest BCUT2D eigenvalue weighted by molar-refractivity contribution is 7.90. The van der Waals surface area contributed by atoms with Crippen molar-refractivity contribution in [3.8, 4) is 0 Å². The Kier molecular flexibility index (Phi) is 5.82. The molecule has 0 radical (unpaired) electrons. The van der Waals surface area contributed by atoms with Gasteiger partial charge in [-0.15, -0.1) is 0 Å². The van der Waals surface area contributed by atoms with E-state index in [4.69, 9.17) is 11.6 Å². The van der Waals surface area contributed by atoms with Gasteiger partial charge in [0.05, 0.1) is 20.4 Å². The van der Waals surface area contributed by atoms with Crippen LogP contribution in [0.3, 0.4) is 0 Å². The second kappa shape index (κ2) is 7.72. The predicted molar refractivity (Wildman–Crippen MR) is 99.0 cm³/mol. The summed E-state index contributed by atoms with van der Waals surface area (Å²) in [4.78, 5) is 34.1. The Balaban J connectivity index is 2.43. The number of benzene rings is 2. The Hall–Kier alpha value is -2.98. The molecular formula is C16H14ClN3O6S. The lowest BCUT2D eigenvalue weighted by atomic mass is 10.1. The van der Waals surface area contributed by atoms with Gasteiger partial charge < -0.3 is 10.6 Å². The molecule has 0 aliphatic carbocycles. The minimum Gasteiger partial charge on any atom is -0.355 e. The highest BCUT2D eigenvalue weighted by atomic mass is 35.5. The third kappa shape index (κ3) is 4.80. The summed E-state index contributed by atoms with van der Waals surface area (Å²) in [5, 5.41) is 16.0. The first-order valence-corrected chi connectivity index (χ1v) is 9.62. The Morgan fingerprint density at radius 3 is 2.33 bits per heavy atom. The largest absolute Gasteiger partial charge is 0.355 e. The zero-order valence-corrected chi connectivity index (χ0v) is 15.7. The van der Waals surface area contributed by atoms with E-state index in [1.165, 1.54) is 25.2 Å². The lowest BCUT2D eigenvalue weighted by molar-refractivity contribution is -0.385. The molecule has 2 amide bonds. The molecule has 0 bridgehead atoms. The molecule has 0 aliphatic heterocycles. The number of nitrogens with one attached hydrogen (secondary N) is 2. The quantitative estimate of drug-likeness (QED) is 0.572. The van der Waals surface area contributed by atoms with Gasteiger partial charge in [-0.3, -0.25) is 19.7 Å². The van der Waals surface area contributed by atoms with Gasteiger partial charge in [-0.2, -0.15) is 0 Å². The van der Waals surface area contributed by atoms with Gasteiger partial charge in [-0.1, -0.05) is 11.6 Å². The van der Waals surface area contributed by atoms with Crippen molar-refractivity contribution in [1.82, 2.24) is 5.32 Å². The van der Waals surface area contributed by atoms with Crippen LogP contribution in [0.15, 0.2) is 41.3 Å². The molecule has 27 heavy (non-hydrogen) atoms. The van der Waals surface area contributed by atoms with Gasteiger partial charge in [0.2, 0.25) is 0 Å². The van der Waals surface area contributed by atoms with E-state index < -0.39 is 32.3 Å². The minimum atomic E-state index is -3.77. The van der Waals surface area contributed by atoms with Gasteiger partial charge >= 0.3 is 0 Å². The molecular weight excluding hydrogens is 398 g/mol. The van der Waals surface area contributed by atoms with E-state index in [2.05, 4.69) is 10.6 Å². The summed E-state index contributed by atoms with van der Waals surface area (Å²) in [7, 11) is -2.35. The summed E-state index contributed by atoms with van der Waals surface area (Å²) in [6.45, 7) is 0. The number of nitro groups is 1. The molecule has 2 aromatic carbocycles. The highest BCUT2D eigenvalue weighted by Gasteiger charge is 2.19. The number of anilines is 1. The van der Waals surface area contributed by atoms with Crippen LogP contribution in [0, 0.1) is 10.1 Å². The Morgan fingerprint density at radius 1 is 1.11 bits per heavy atom. The van der Waals surface area contributed by atoms with Crippen molar-refractivity contribution in [3.63, 3.8) is 0 Å². The number of rotatable bonds is 5. The summed E-state index contributed by atoms with van der Waals surface area (Å²) in [6, 6.07) is 7.03. The molecule has 0 atom stereocenters. The Labute approximate surface area is 159 Å². The smallest absolute Gasteiger partial charge is 0.271 e. The second-order valence-electron chi connectivity index (χ2n) is 5.47. The maximum Gasteiger partial charge on any atom is 0.271 e. The topological polar surface area (TPSA) is 135 Å². The van der Waals surface area contributed by atoms with Gasteiger partial charge in [-0.25, -0.2) is 8.42 Å². The first-order chi connectivity index (χ1) is 12.5. The molecule has 0 aliphatic rings. The van der Waals surface area contributed by atoms with Crippen LogP contribution in [0.25, 0.3) is 0 Å². The fraction of sp³-hybridized carbons (Fsp3) is 0.125. The zero-order chi connectivity index (χ0) is 20.4. The summed E-state index contributed by atoms with van der Waals surface area (Å²) >= 11 is 5.93. The van der Waals surface area contributed by atoms with Crippen LogP contribution in [-0.2, 0) is 9.84 Å². The number of sulfone groups is 1. The predicted octanol–water partition coefficient (Wildman–Crippen LogP) is 2.26. The fourth-order valence-electron chi connectivity index (χ4n) is 2.15. The Morgan fingerprint density at radius 2 is 1.78 bits per heavy atom. The molecule has 0 saturated carbocycles. The number of carbonyl (C=O) groups is 2. The number of hydrogen-bond donors (Lipinski definition) is 2. The molecule has 0 unspecified atom stereocenters. The van der Waals surface area contributed by atoms with Crippen molar-refractivity contribution < 1.29 is 22.9 Å². The maximum absolute atomic E-state index is 12.4. The van der Waals surface area contributed by atoms with Crippen LogP contribution >= 0.6 is 11.6 Å². The van der Waals surface area contributed by atoms with Gasteiger partial charge in [0.1, 0.15) is 0 Å². The third-order valence-electron chi connectivity index (χ3n) is 3.49. The lowest BCUT2D eigenvalue weighted by Gasteiger charge is -2.09. The average Bonchev–Trinajstić information content (AvgIpc) is 2.61. The molecule has 0 heterocycles. The SMILES string of the molecule is CNC(=O)c1cc(NC(=O)c2cc([N+](=O)[O-])cc(S(C)(=O)=O)c2)ccc1Cl. The number of amides is 2. The van der Waals surface area contributed by atoms with Gasteiger partial charge in [0.25, 0.3) is 17.5 Å². The first-order valence-electron chi connectivity index (χ1n) is 7.35. The van der Waals surface area contributed by atoms with E-state index in [9.17, 15) is 28.1 Å². The monoisotopic (exact) mass is 411 g/mol. The molecule has 0 spiro atoms. The number of halogens is 1. The second-order valence-corrected chi connectivity index (χ2v) is 7.90. The third-order valence-corrected chi connectivity index (χ3v) is 4.91. The number of non-ortho nitro benzene ring substituents is 1. The number of nitrogens with zero attached hydrogens (tertiary/aromatic N) is 1. The Bertz CT molecular complexity index is 1050. The molecule has 2 N–H and O–H groups in total. The summed E-state index contributed by atoms with van der Waals surface area (Å²) in [5.41, 5.74) is -0.436. The van der Waals surface area contributed by atoms with Crippen molar-refractivity contribution >= 4 is 44.6 Å². The summed E-state index contributed by atoms with van der Waals surface area (Å²) in [5.74, 6) is -1.25. The normalized spacial score (nSPS) is 10.9. The average molecular weight is 412 g/mol. The summed E-state index contributed by atoms with van der Waals surface area (Å²) in [6.07, 6.45) is 0.878. The van der Waals surface area contributed by atoms with Crippen molar-refractivity contribution in [3.05, 3.63) is 62.7 Å². The van der Waals surface area contributed by atoms with Crippen molar-refractivity contribution in [1.29, 1.82) is 0 Å². The molecule has 2 aromatic rings. The first kappa shape index (κ1) is 20.3. The zero-order valence-electron chi connectivity index (χ0n) is 14.1. The number of hydrogen-bond acceptors (Lipinski definition) is 6. The van der Waals surface area contributed by atoms with Gasteiger partial charge in [0, 0.05) is 36.7 Å². The standard InChI is InChI=1S/C16H14ClN3O6S/c1-18-16(22)13-7-10(3-4-14(13)17)19-15(21)9-5-11(20(23)24)8-12(6-9)27(2,25)26/h3-8H,1-2H3,(H,18,22)(H,19,21). The fourth-order valence-corrected chi connectivity index (χ4v) is 3.03. The van der Waals surface area contributed by atoms with E-state index >= 15 is 0 Å². The van der Waals surface area contributed by atoms with Crippen LogP contribution in [-0.4, -0.2) is 38.5 Å². The van der Waals surface area contributed by atoms with E-state index in [1.54, 1.807) is 0 Å². The molecule has 0 aromatic heterocycles. The summed E-state index contributed by atoms with van der Waals surface area (Å²) < 4.78 is 23.4. The molecule has 11 heteroatoms. The van der Waals surface area contributed by atoms with Crippen molar-refractivity contribution in [2.45, 2.75) is 4.90 Å². The van der Waals surface area contributed by atoms with Crippen LogP contribution in [0.2, 0.25) is 5.02 Å². The van der Waals surface area contributed by atoms with Crippen molar-refractivity contribution in [2.24, 2.45) is 0 Å². The number of nitro benzene ring substituents is 1. The minimum absolute atomic E-state index is 0.118. The molecule has 142 valence electrons. The number of carbonyl (C=O) groups excluding carboxylic acids is 2. The van der Waals surface area contributed by atoms with E-state index in [1.807, 2.05) is 0 Å². The molecule has 0 fully saturated rings.